The van der Waals surface area contributed by atoms with Gasteiger partial charge in [0.05, 0.1) is 37.3 Å². The van der Waals surface area contributed by atoms with Gasteiger partial charge in [-0.05, 0) is 36.8 Å². The van der Waals surface area contributed by atoms with E-state index in [-0.39, 0.29) is 31.2 Å². The second kappa shape index (κ2) is 8.96. The van der Waals surface area contributed by atoms with Crippen LogP contribution in [0.25, 0.3) is 0 Å². The molecule has 2 aliphatic heterocycles. The molecule has 3 aromatic rings. The van der Waals surface area contributed by atoms with Crippen molar-refractivity contribution in [3.63, 3.8) is 0 Å². The van der Waals surface area contributed by atoms with Crippen molar-refractivity contribution in [2.24, 2.45) is 0 Å². The van der Waals surface area contributed by atoms with Gasteiger partial charge in [0, 0.05) is 25.5 Å². The molecule has 0 aromatic heterocycles. The zero-order valence-corrected chi connectivity index (χ0v) is 22.4. The highest BCUT2D eigenvalue weighted by atomic mass is 35.5. The van der Waals surface area contributed by atoms with Crippen LogP contribution in [-0.2, 0) is 4.79 Å². The predicted molar refractivity (Wildman–Crippen MR) is 143 cm³/mol. The van der Waals surface area contributed by atoms with Gasteiger partial charge < -0.3 is 9.80 Å². The fourth-order valence-corrected chi connectivity index (χ4v) is 5.65. The molecule has 0 bridgehead atoms. The molecule has 0 spiro atoms. The van der Waals surface area contributed by atoms with Crippen LogP contribution in [0.4, 0.5) is 11.4 Å². The van der Waals surface area contributed by atoms with Crippen LogP contribution in [0.5, 0.6) is 0 Å². The first-order valence-corrected chi connectivity index (χ1v) is 12.5. The topological polar surface area (TPSA) is 60.9 Å². The van der Waals surface area contributed by atoms with Crippen LogP contribution >= 0.6 is 46.4 Å². The summed E-state index contributed by atoms with van der Waals surface area (Å²) in [5.41, 5.74) is 3.12. The smallest absolute Gasteiger partial charge is 0.264 e. The summed E-state index contributed by atoms with van der Waals surface area (Å²) < 4.78 is 0. The molecule has 0 radical (unpaired) electrons. The second-order valence-electron chi connectivity index (χ2n) is 8.91. The largest absolute Gasteiger partial charge is 0.378 e. The van der Waals surface area contributed by atoms with Gasteiger partial charge in [0.15, 0.2) is 0 Å². The van der Waals surface area contributed by atoms with Gasteiger partial charge in [0.1, 0.15) is 6.04 Å². The average molecular weight is 563 g/mol. The third-order valence-electron chi connectivity index (χ3n) is 6.54. The third-order valence-corrected chi connectivity index (χ3v) is 8.34. The molecule has 2 aliphatic rings. The zero-order valence-electron chi connectivity index (χ0n) is 19.4. The number of benzene rings is 3. The van der Waals surface area contributed by atoms with Gasteiger partial charge in [-0.3, -0.25) is 19.3 Å². The Morgan fingerprint density at radius 2 is 1.17 bits per heavy atom. The molecule has 6 nitrogen and oxygen atoms in total. The number of fused-ring (bicyclic) bond motifs is 1. The summed E-state index contributed by atoms with van der Waals surface area (Å²) in [7, 11) is 3.84. The van der Waals surface area contributed by atoms with E-state index in [1.807, 2.05) is 74.4 Å². The minimum absolute atomic E-state index is 0.123. The van der Waals surface area contributed by atoms with Crippen LogP contribution in [0.15, 0.2) is 48.5 Å². The fraction of sp³-hybridized carbons (Fsp3) is 0.192. The molecule has 0 N–H and O–H groups in total. The molecule has 2 atom stereocenters. The molecule has 5 rings (SSSR count). The monoisotopic (exact) mass is 561 g/mol. The van der Waals surface area contributed by atoms with Crippen LogP contribution in [0.3, 0.4) is 0 Å². The summed E-state index contributed by atoms with van der Waals surface area (Å²) in [6, 6.07) is 13.3. The molecule has 36 heavy (non-hydrogen) atoms. The van der Waals surface area contributed by atoms with Crippen LogP contribution in [-0.4, -0.2) is 42.8 Å². The number of β-lactam (4-membered cyclic amide) rings is 1. The summed E-state index contributed by atoms with van der Waals surface area (Å²) in [6.45, 7) is 1.95. The van der Waals surface area contributed by atoms with Crippen molar-refractivity contribution < 1.29 is 14.4 Å². The van der Waals surface area contributed by atoms with E-state index in [2.05, 4.69) is 0 Å². The number of hydrogen-bond donors (Lipinski definition) is 0. The summed E-state index contributed by atoms with van der Waals surface area (Å²) >= 11 is 24.9. The molecular formula is C26H19Cl4N3O3. The predicted octanol–water partition coefficient (Wildman–Crippen LogP) is 6.43. The van der Waals surface area contributed by atoms with Crippen LogP contribution in [0, 0.1) is 6.92 Å². The lowest BCUT2D eigenvalue weighted by molar-refractivity contribution is -0.130. The second-order valence-corrected chi connectivity index (χ2v) is 10.4. The maximum atomic E-state index is 13.6. The van der Waals surface area contributed by atoms with Gasteiger partial charge in [-0.15, -0.1) is 0 Å². The van der Waals surface area contributed by atoms with Crippen LogP contribution in [0.2, 0.25) is 20.1 Å². The van der Waals surface area contributed by atoms with Crippen molar-refractivity contribution in [1.82, 2.24) is 4.90 Å². The SMILES string of the molecule is Cc1ccc(N2C(=O)[C@H](N3C(=O)c4c(Cl)c(Cl)c(Cl)c(Cl)c4C3=O)[C@H]2c2ccc(N(C)C)cc2)cc1. The number of anilines is 2. The first-order valence-electron chi connectivity index (χ1n) is 11.0. The molecule has 1 saturated heterocycles. The Bertz CT molecular complexity index is 1390. The van der Waals surface area contributed by atoms with E-state index < -0.39 is 29.8 Å². The molecule has 3 aromatic carbocycles. The van der Waals surface area contributed by atoms with Crippen molar-refractivity contribution in [3.05, 3.63) is 90.9 Å². The molecule has 1 fully saturated rings. The zero-order chi connectivity index (χ0) is 26.0. The van der Waals surface area contributed by atoms with Crippen molar-refractivity contribution in [2.45, 2.75) is 19.0 Å². The quantitative estimate of drug-likeness (QED) is 0.159. The first kappa shape index (κ1) is 24.9. The Kier molecular flexibility index (Phi) is 6.20. The Morgan fingerprint density at radius 1 is 0.667 bits per heavy atom. The molecule has 0 unspecified atom stereocenters. The van der Waals surface area contributed by atoms with Crippen molar-refractivity contribution >= 4 is 75.5 Å². The minimum atomic E-state index is -1.10. The Hall–Kier alpha value is -2.77. The minimum Gasteiger partial charge on any atom is -0.378 e. The highest BCUT2D eigenvalue weighted by Crippen LogP contribution is 2.49. The van der Waals surface area contributed by atoms with Crippen molar-refractivity contribution in [2.75, 3.05) is 23.9 Å². The maximum Gasteiger partial charge on any atom is 0.264 e. The molecule has 0 saturated carbocycles. The molecule has 0 aliphatic carbocycles. The number of rotatable bonds is 4. The lowest BCUT2D eigenvalue weighted by atomic mass is 9.86. The maximum absolute atomic E-state index is 13.6. The highest BCUT2D eigenvalue weighted by molar-refractivity contribution is 6.55. The fourth-order valence-electron chi connectivity index (χ4n) is 4.64. The van der Waals surface area contributed by atoms with Gasteiger partial charge in [-0.1, -0.05) is 76.2 Å². The standard InChI is InChI=1S/C26H19Cl4N3O3/c1-12-4-8-15(9-5-12)32-22(13-6-10-14(11-7-13)31(2)3)23(26(32)36)33-24(34)16-17(25(33)35)19(28)21(30)20(29)18(16)27/h4-11,22-23H,1-3H3/t22-,23-/m1/s1. The van der Waals surface area contributed by atoms with E-state index in [9.17, 15) is 14.4 Å². The third kappa shape index (κ3) is 3.58. The lowest BCUT2D eigenvalue weighted by Gasteiger charge is -2.49. The number of hydrogen-bond acceptors (Lipinski definition) is 4. The Morgan fingerprint density at radius 3 is 1.64 bits per heavy atom. The average Bonchev–Trinajstić information content (AvgIpc) is 3.11. The molecule has 10 heteroatoms. The lowest BCUT2D eigenvalue weighted by Crippen LogP contribution is -2.67. The molecule has 3 amide bonds. The van der Waals surface area contributed by atoms with Crippen LogP contribution in [0.1, 0.15) is 37.9 Å². The van der Waals surface area contributed by atoms with E-state index in [0.29, 0.717) is 5.69 Å². The van der Waals surface area contributed by atoms with Gasteiger partial charge >= 0.3 is 0 Å². The molecule has 184 valence electrons. The number of carbonyl (C=O) groups is 3. The summed E-state index contributed by atoms with van der Waals surface area (Å²) in [5.74, 6) is -1.88. The number of carbonyl (C=O) groups excluding carboxylic acids is 3. The van der Waals surface area contributed by atoms with Gasteiger partial charge in [0.25, 0.3) is 17.7 Å². The number of halogens is 4. The Labute approximate surface area is 227 Å². The number of amides is 3. The Balaban J connectivity index is 1.62. The van der Waals surface area contributed by atoms with Crippen LogP contribution < -0.4 is 9.80 Å². The van der Waals surface area contributed by atoms with E-state index in [0.717, 1.165) is 21.7 Å². The van der Waals surface area contributed by atoms with E-state index in [1.165, 1.54) is 0 Å². The summed E-state index contributed by atoms with van der Waals surface area (Å²) in [5, 5.41) is -0.587. The first-order chi connectivity index (χ1) is 17.0. The van der Waals surface area contributed by atoms with Gasteiger partial charge in [-0.25, -0.2) is 0 Å². The molecule has 2 heterocycles. The van der Waals surface area contributed by atoms with E-state index >= 15 is 0 Å². The number of nitrogens with zero attached hydrogens (tertiary/aromatic N) is 3. The highest BCUT2D eigenvalue weighted by Gasteiger charge is 2.58. The van der Waals surface area contributed by atoms with Crippen molar-refractivity contribution in [3.8, 4) is 0 Å². The summed E-state index contributed by atoms with van der Waals surface area (Å²) in [4.78, 5) is 45.1. The van der Waals surface area contributed by atoms with E-state index in [1.54, 1.807) is 4.90 Å². The number of aryl methyl sites for hydroxylation is 1. The van der Waals surface area contributed by atoms with E-state index in [4.69, 9.17) is 46.4 Å². The number of imide groups is 1. The normalized spacial score (nSPS) is 19.0. The summed E-state index contributed by atoms with van der Waals surface area (Å²) in [6.07, 6.45) is 0. The van der Waals surface area contributed by atoms with Gasteiger partial charge in [0.2, 0.25) is 0 Å². The molecular weight excluding hydrogens is 544 g/mol. The van der Waals surface area contributed by atoms with Gasteiger partial charge in [-0.2, -0.15) is 0 Å². The van der Waals surface area contributed by atoms with Crippen molar-refractivity contribution in [1.29, 1.82) is 0 Å².